The van der Waals surface area contributed by atoms with E-state index in [0.29, 0.717) is 0 Å². The fraction of sp³-hybridized carbons (Fsp3) is 0.190. The number of nitrogens with zero attached hydrogens (tertiary/aromatic N) is 4. The van der Waals surface area contributed by atoms with E-state index in [0.717, 1.165) is 43.0 Å². The molecule has 9 heteroatoms. The maximum Gasteiger partial charge on any atom is 0.191 e. The van der Waals surface area contributed by atoms with Crippen molar-refractivity contribution in [1.82, 2.24) is 19.7 Å². The van der Waals surface area contributed by atoms with Crippen molar-refractivity contribution in [2.24, 2.45) is 7.05 Å². The second-order valence-electron chi connectivity index (χ2n) is 6.51. The van der Waals surface area contributed by atoms with Gasteiger partial charge in [0.15, 0.2) is 11.0 Å². The molecule has 0 radical (unpaired) electrons. The van der Waals surface area contributed by atoms with Crippen LogP contribution in [0.25, 0.3) is 11.3 Å². The van der Waals surface area contributed by atoms with Crippen LogP contribution in [0.3, 0.4) is 0 Å². The average molecular weight is 494 g/mol. The van der Waals surface area contributed by atoms with Gasteiger partial charge in [-0.15, -0.1) is 33.3 Å². The zero-order valence-electron chi connectivity index (χ0n) is 16.3. The Morgan fingerprint density at radius 1 is 1.00 bits per heavy atom. The molecule has 2 heterocycles. The van der Waals surface area contributed by atoms with E-state index in [-0.39, 0.29) is 5.25 Å². The third-order valence-corrected chi connectivity index (χ3v) is 8.07. The maximum atomic E-state index is 6.00. The van der Waals surface area contributed by atoms with Crippen molar-refractivity contribution in [3.05, 3.63) is 80.4 Å². The summed E-state index contributed by atoms with van der Waals surface area (Å²) in [4.78, 5) is 4.86. The standard InChI is InChI=1S/C21H18Cl2N4S3/c1-27-19(25-26-21(27)30-11-13-3-7-15(22)8-4-13)18(28-2)20-24-17(12-29-20)14-5-9-16(23)10-6-14/h3-10,12,18H,11H2,1-2H3. The molecule has 1 atom stereocenters. The van der Waals surface area contributed by atoms with Crippen molar-refractivity contribution < 1.29 is 0 Å². The van der Waals surface area contributed by atoms with Gasteiger partial charge in [-0.3, -0.25) is 0 Å². The van der Waals surface area contributed by atoms with Gasteiger partial charge in [-0.25, -0.2) is 4.98 Å². The van der Waals surface area contributed by atoms with E-state index in [1.807, 2.05) is 55.6 Å². The normalized spacial score (nSPS) is 12.3. The fourth-order valence-corrected chi connectivity index (χ4v) is 5.94. The van der Waals surface area contributed by atoms with Crippen molar-refractivity contribution in [2.45, 2.75) is 16.2 Å². The molecule has 4 aromatic rings. The van der Waals surface area contributed by atoms with Crippen LogP contribution in [0.2, 0.25) is 10.0 Å². The molecule has 0 saturated carbocycles. The summed E-state index contributed by atoms with van der Waals surface area (Å²) in [5.41, 5.74) is 3.20. The van der Waals surface area contributed by atoms with E-state index in [9.17, 15) is 0 Å². The minimum atomic E-state index is 0.0263. The number of aromatic nitrogens is 4. The molecular formula is C21H18Cl2N4S3. The van der Waals surface area contributed by atoms with Gasteiger partial charge in [0.1, 0.15) is 10.3 Å². The molecule has 0 fully saturated rings. The highest BCUT2D eigenvalue weighted by atomic mass is 35.5. The minimum absolute atomic E-state index is 0.0263. The maximum absolute atomic E-state index is 6.00. The van der Waals surface area contributed by atoms with Crippen LogP contribution >= 0.6 is 58.1 Å². The van der Waals surface area contributed by atoms with E-state index < -0.39 is 0 Å². The summed E-state index contributed by atoms with van der Waals surface area (Å²) in [6.07, 6.45) is 2.07. The lowest BCUT2D eigenvalue weighted by atomic mass is 10.2. The van der Waals surface area contributed by atoms with E-state index in [1.165, 1.54) is 5.56 Å². The molecule has 0 aliphatic heterocycles. The molecule has 2 aromatic carbocycles. The third-order valence-electron chi connectivity index (χ3n) is 4.51. The molecule has 0 amide bonds. The second kappa shape index (κ2) is 9.75. The Morgan fingerprint density at radius 3 is 2.33 bits per heavy atom. The molecule has 2 aromatic heterocycles. The molecule has 0 aliphatic rings. The number of rotatable bonds is 7. The first-order chi connectivity index (χ1) is 14.5. The van der Waals surface area contributed by atoms with Gasteiger partial charge in [0, 0.05) is 33.8 Å². The number of benzene rings is 2. The van der Waals surface area contributed by atoms with Gasteiger partial charge in [0.25, 0.3) is 0 Å². The van der Waals surface area contributed by atoms with Crippen LogP contribution in [0.1, 0.15) is 21.6 Å². The molecule has 4 rings (SSSR count). The molecule has 0 bridgehead atoms. The van der Waals surface area contributed by atoms with Crippen molar-refractivity contribution >= 4 is 58.1 Å². The van der Waals surface area contributed by atoms with Gasteiger partial charge in [0.05, 0.1) is 5.69 Å². The molecule has 30 heavy (non-hydrogen) atoms. The zero-order chi connectivity index (χ0) is 21.1. The predicted octanol–water partition coefficient (Wildman–Crippen LogP) is 6.99. The molecule has 154 valence electrons. The quantitative estimate of drug-likeness (QED) is 0.260. The third kappa shape index (κ3) is 4.86. The second-order valence-corrected chi connectivity index (χ2v) is 10.2. The lowest BCUT2D eigenvalue weighted by Gasteiger charge is -2.11. The van der Waals surface area contributed by atoms with Crippen LogP contribution in [0.5, 0.6) is 0 Å². The number of halogens is 2. The fourth-order valence-electron chi connectivity index (χ4n) is 2.89. The topological polar surface area (TPSA) is 43.6 Å². The summed E-state index contributed by atoms with van der Waals surface area (Å²) < 4.78 is 2.06. The first kappa shape index (κ1) is 21.7. The summed E-state index contributed by atoms with van der Waals surface area (Å²) in [7, 11) is 2.01. The SMILES string of the molecule is CSC(c1nc(-c2ccc(Cl)cc2)cs1)c1nnc(SCc2ccc(Cl)cc2)n1C. The molecule has 0 N–H and O–H groups in total. The Kier molecular flexibility index (Phi) is 7.05. The average Bonchev–Trinajstić information content (AvgIpc) is 3.37. The van der Waals surface area contributed by atoms with Crippen LogP contribution in [0.4, 0.5) is 0 Å². The lowest BCUT2D eigenvalue weighted by molar-refractivity contribution is 0.744. The monoisotopic (exact) mass is 492 g/mol. The van der Waals surface area contributed by atoms with Crippen molar-refractivity contribution in [3.63, 3.8) is 0 Å². The number of hydrogen-bond acceptors (Lipinski definition) is 6. The molecule has 1 unspecified atom stereocenters. The van der Waals surface area contributed by atoms with Crippen LogP contribution in [0.15, 0.2) is 59.1 Å². The molecular weight excluding hydrogens is 475 g/mol. The zero-order valence-corrected chi connectivity index (χ0v) is 20.2. The van der Waals surface area contributed by atoms with E-state index in [2.05, 4.69) is 26.4 Å². The number of thiazole rings is 1. The van der Waals surface area contributed by atoms with Crippen molar-refractivity contribution in [1.29, 1.82) is 0 Å². The van der Waals surface area contributed by atoms with E-state index >= 15 is 0 Å². The van der Waals surface area contributed by atoms with Gasteiger partial charge in [-0.05, 0) is 36.1 Å². The minimum Gasteiger partial charge on any atom is -0.308 e. The van der Waals surface area contributed by atoms with Gasteiger partial charge >= 0.3 is 0 Å². The Hall–Kier alpha value is -1.51. The first-order valence-electron chi connectivity index (χ1n) is 9.06. The molecule has 0 saturated heterocycles. The van der Waals surface area contributed by atoms with E-state index in [4.69, 9.17) is 28.2 Å². The predicted molar refractivity (Wildman–Crippen MR) is 130 cm³/mol. The van der Waals surface area contributed by atoms with Crippen LogP contribution < -0.4 is 0 Å². The van der Waals surface area contributed by atoms with Gasteiger partial charge in [0.2, 0.25) is 0 Å². The smallest absolute Gasteiger partial charge is 0.191 e. The lowest BCUT2D eigenvalue weighted by Crippen LogP contribution is -2.05. The summed E-state index contributed by atoms with van der Waals surface area (Å²) in [5, 5.41) is 14.4. The van der Waals surface area contributed by atoms with Crippen LogP contribution in [-0.2, 0) is 12.8 Å². The van der Waals surface area contributed by atoms with Crippen molar-refractivity contribution in [3.8, 4) is 11.3 Å². The highest BCUT2D eigenvalue weighted by molar-refractivity contribution is 7.99. The van der Waals surface area contributed by atoms with Gasteiger partial charge < -0.3 is 4.57 Å². The Morgan fingerprint density at radius 2 is 1.67 bits per heavy atom. The van der Waals surface area contributed by atoms with E-state index in [1.54, 1.807) is 34.9 Å². The van der Waals surface area contributed by atoms with Gasteiger partial charge in [-0.2, -0.15) is 0 Å². The summed E-state index contributed by atoms with van der Waals surface area (Å²) >= 11 is 17.0. The molecule has 4 nitrogen and oxygen atoms in total. The summed E-state index contributed by atoms with van der Waals surface area (Å²) in [6, 6.07) is 15.6. The number of hydrogen-bond donors (Lipinski definition) is 0. The Labute approximate surface area is 198 Å². The van der Waals surface area contributed by atoms with Crippen LogP contribution in [0, 0.1) is 0 Å². The molecule has 0 spiro atoms. The first-order valence-corrected chi connectivity index (χ1v) is 13.0. The Bertz CT molecular complexity index is 1120. The molecule has 0 aliphatic carbocycles. The highest BCUT2D eigenvalue weighted by Gasteiger charge is 2.24. The Balaban J connectivity index is 1.52. The largest absolute Gasteiger partial charge is 0.308 e. The summed E-state index contributed by atoms with van der Waals surface area (Å²) in [5.74, 6) is 1.71. The number of thioether (sulfide) groups is 2. The van der Waals surface area contributed by atoms with Crippen molar-refractivity contribution in [2.75, 3.05) is 6.26 Å². The van der Waals surface area contributed by atoms with Crippen LogP contribution in [-0.4, -0.2) is 26.0 Å². The van der Waals surface area contributed by atoms with Gasteiger partial charge in [-0.1, -0.05) is 59.2 Å². The summed E-state index contributed by atoms with van der Waals surface area (Å²) in [6.45, 7) is 0. The highest BCUT2D eigenvalue weighted by Crippen LogP contribution is 2.37.